The van der Waals surface area contributed by atoms with Gasteiger partial charge in [-0.15, -0.1) is 0 Å². The molecule has 0 radical (unpaired) electrons. The summed E-state index contributed by atoms with van der Waals surface area (Å²) in [5.74, 6) is -2.92. The van der Waals surface area contributed by atoms with Gasteiger partial charge in [0, 0.05) is 12.3 Å². The summed E-state index contributed by atoms with van der Waals surface area (Å²) in [6.45, 7) is 1.97. The van der Waals surface area contributed by atoms with Gasteiger partial charge in [-0.25, -0.2) is 8.78 Å². The van der Waals surface area contributed by atoms with E-state index in [2.05, 4.69) is 0 Å². The Hall–Kier alpha value is -0.340. The zero-order valence-electron chi connectivity index (χ0n) is 10.2. The quantitative estimate of drug-likeness (QED) is 0.648. The van der Waals surface area contributed by atoms with E-state index in [9.17, 15) is 8.78 Å². The van der Waals surface area contributed by atoms with Crippen LogP contribution in [0.3, 0.4) is 0 Å². The third kappa shape index (κ3) is 2.97. The van der Waals surface area contributed by atoms with Crippen LogP contribution in [-0.4, -0.2) is 5.92 Å². The highest BCUT2D eigenvalue weighted by atomic mass is 35.5. The van der Waals surface area contributed by atoms with Crippen molar-refractivity contribution in [3.63, 3.8) is 0 Å². The number of halogens is 4. The number of hydrogen-bond acceptors (Lipinski definition) is 0. The number of hydrogen-bond donors (Lipinski definition) is 0. The highest BCUT2D eigenvalue weighted by molar-refractivity contribution is 6.42. The van der Waals surface area contributed by atoms with Crippen molar-refractivity contribution in [2.24, 2.45) is 5.92 Å². The number of rotatable bonds is 3. The predicted molar refractivity (Wildman–Crippen MR) is 71.8 cm³/mol. The van der Waals surface area contributed by atoms with Gasteiger partial charge in [-0.05, 0) is 42.9 Å². The van der Waals surface area contributed by atoms with Gasteiger partial charge in [0.25, 0.3) is 5.92 Å². The first-order chi connectivity index (χ1) is 8.40. The minimum Gasteiger partial charge on any atom is -0.207 e. The maximum atomic E-state index is 13.6. The third-order valence-corrected chi connectivity index (χ3v) is 4.55. The molecule has 0 nitrogen and oxygen atoms in total. The van der Waals surface area contributed by atoms with Crippen LogP contribution in [0.4, 0.5) is 8.78 Å². The highest BCUT2D eigenvalue weighted by Crippen LogP contribution is 2.45. The first-order valence-electron chi connectivity index (χ1n) is 6.23. The third-order valence-electron chi connectivity index (χ3n) is 3.81. The van der Waals surface area contributed by atoms with Crippen molar-refractivity contribution < 1.29 is 8.78 Å². The molecule has 1 saturated carbocycles. The van der Waals surface area contributed by atoms with E-state index < -0.39 is 11.8 Å². The minimum atomic E-state index is -2.50. The van der Waals surface area contributed by atoms with Crippen molar-refractivity contribution in [3.05, 3.63) is 33.8 Å². The summed E-state index contributed by atoms with van der Waals surface area (Å²) in [6, 6.07) is 5.37. The summed E-state index contributed by atoms with van der Waals surface area (Å²) in [7, 11) is 0. The highest BCUT2D eigenvalue weighted by Gasteiger charge is 2.43. The monoisotopic (exact) mass is 292 g/mol. The number of alkyl halides is 2. The van der Waals surface area contributed by atoms with Crippen LogP contribution < -0.4 is 0 Å². The van der Waals surface area contributed by atoms with E-state index in [1.54, 1.807) is 12.1 Å². The van der Waals surface area contributed by atoms with Crippen LogP contribution in [0.2, 0.25) is 10.0 Å². The molecule has 1 fully saturated rings. The molecule has 18 heavy (non-hydrogen) atoms. The lowest BCUT2D eigenvalue weighted by Gasteiger charge is -2.23. The normalized spacial score (nSPS) is 24.2. The van der Waals surface area contributed by atoms with E-state index in [-0.39, 0.29) is 12.3 Å². The molecule has 0 heterocycles. The van der Waals surface area contributed by atoms with Crippen LogP contribution in [0.15, 0.2) is 18.2 Å². The van der Waals surface area contributed by atoms with Crippen LogP contribution >= 0.6 is 23.2 Å². The van der Waals surface area contributed by atoms with Crippen LogP contribution in [0.5, 0.6) is 0 Å². The molecule has 2 atom stereocenters. The maximum Gasteiger partial charge on any atom is 0.250 e. The molecule has 1 aliphatic rings. The Labute approximate surface area is 116 Å². The zero-order chi connectivity index (χ0) is 13.3. The molecule has 1 aliphatic carbocycles. The van der Waals surface area contributed by atoms with Gasteiger partial charge in [0.05, 0.1) is 10.0 Å². The molecule has 0 saturated heterocycles. The smallest absolute Gasteiger partial charge is 0.207 e. The minimum absolute atomic E-state index is 0.0335. The molecule has 2 rings (SSSR count). The van der Waals surface area contributed by atoms with Gasteiger partial charge in [-0.1, -0.05) is 36.2 Å². The molecule has 0 spiro atoms. The molecule has 1 aromatic rings. The van der Waals surface area contributed by atoms with Crippen molar-refractivity contribution >= 4 is 23.2 Å². The number of benzene rings is 1. The van der Waals surface area contributed by atoms with E-state index in [4.69, 9.17) is 23.2 Å². The molecule has 4 heteroatoms. The molecular formula is C14H16Cl2F2. The molecule has 0 aliphatic heterocycles. The first-order valence-corrected chi connectivity index (χ1v) is 6.98. The maximum absolute atomic E-state index is 13.6. The van der Waals surface area contributed by atoms with Gasteiger partial charge in [-0.3, -0.25) is 0 Å². The molecule has 0 amide bonds. The predicted octanol–water partition coefficient (Wildman–Crippen LogP) is 5.92. The first kappa shape index (κ1) is 14.1. The van der Waals surface area contributed by atoms with Crippen LogP contribution in [0.25, 0.3) is 0 Å². The molecule has 0 N–H and O–H groups in total. The average Bonchev–Trinajstić information content (AvgIpc) is 2.62. The molecule has 100 valence electrons. The van der Waals surface area contributed by atoms with Crippen molar-refractivity contribution in [1.29, 1.82) is 0 Å². The Morgan fingerprint density at radius 3 is 2.61 bits per heavy atom. The second-order valence-electron chi connectivity index (χ2n) is 5.16. The largest absolute Gasteiger partial charge is 0.250 e. The zero-order valence-corrected chi connectivity index (χ0v) is 11.7. The fourth-order valence-electron chi connectivity index (χ4n) is 2.67. The van der Waals surface area contributed by atoms with E-state index >= 15 is 0 Å². The van der Waals surface area contributed by atoms with E-state index in [0.717, 1.165) is 5.56 Å². The van der Waals surface area contributed by atoms with Crippen molar-refractivity contribution in [2.45, 2.75) is 44.4 Å². The van der Waals surface area contributed by atoms with E-state index in [1.807, 2.05) is 13.0 Å². The summed E-state index contributed by atoms with van der Waals surface area (Å²) in [4.78, 5) is 0. The van der Waals surface area contributed by atoms with E-state index in [0.29, 0.717) is 29.3 Å². The van der Waals surface area contributed by atoms with Crippen LogP contribution in [0, 0.1) is 5.92 Å². The Morgan fingerprint density at radius 1 is 1.33 bits per heavy atom. The molecule has 2 unspecified atom stereocenters. The fraction of sp³-hybridized carbons (Fsp3) is 0.571. The summed E-state index contributed by atoms with van der Waals surface area (Å²) in [6.07, 6.45) is 1.79. The van der Waals surface area contributed by atoms with Gasteiger partial charge in [0.1, 0.15) is 0 Å². The lowest BCUT2D eigenvalue weighted by Crippen LogP contribution is -2.23. The van der Waals surface area contributed by atoms with Gasteiger partial charge in [-0.2, -0.15) is 0 Å². The standard InChI is InChI=1S/C14H16Cl2F2/c1-9(7-11-3-2-6-14(11,17)18)10-4-5-12(15)13(16)8-10/h4-5,8-9,11H,2-3,6-7H2,1H3. The van der Waals surface area contributed by atoms with Crippen LogP contribution in [0.1, 0.15) is 44.1 Å². The lowest BCUT2D eigenvalue weighted by molar-refractivity contribution is -0.0411. The van der Waals surface area contributed by atoms with Crippen molar-refractivity contribution in [2.75, 3.05) is 0 Å². The van der Waals surface area contributed by atoms with Gasteiger partial charge >= 0.3 is 0 Å². The molecular weight excluding hydrogens is 277 g/mol. The van der Waals surface area contributed by atoms with Crippen molar-refractivity contribution in [1.82, 2.24) is 0 Å². The second-order valence-corrected chi connectivity index (χ2v) is 5.97. The van der Waals surface area contributed by atoms with E-state index in [1.165, 1.54) is 0 Å². The van der Waals surface area contributed by atoms with Gasteiger partial charge in [0.2, 0.25) is 0 Å². The van der Waals surface area contributed by atoms with Gasteiger partial charge in [0.15, 0.2) is 0 Å². The Balaban J connectivity index is 2.07. The molecule has 0 bridgehead atoms. The Morgan fingerprint density at radius 2 is 2.06 bits per heavy atom. The average molecular weight is 293 g/mol. The van der Waals surface area contributed by atoms with Crippen molar-refractivity contribution in [3.8, 4) is 0 Å². The fourth-order valence-corrected chi connectivity index (χ4v) is 2.98. The summed E-state index contributed by atoms with van der Waals surface area (Å²) in [5, 5.41) is 0.984. The summed E-state index contributed by atoms with van der Waals surface area (Å²) < 4.78 is 27.2. The Kier molecular flexibility index (Phi) is 4.18. The topological polar surface area (TPSA) is 0 Å². The summed E-state index contributed by atoms with van der Waals surface area (Å²) in [5.41, 5.74) is 0.979. The SMILES string of the molecule is CC(CC1CCCC1(F)F)c1ccc(Cl)c(Cl)c1. The molecule has 1 aromatic carbocycles. The molecule has 0 aromatic heterocycles. The summed E-state index contributed by atoms with van der Waals surface area (Å²) >= 11 is 11.8. The second kappa shape index (κ2) is 5.34. The van der Waals surface area contributed by atoms with Gasteiger partial charge < -0.3 is 0 Å². The Bertz CT molecular complexity index is 432. The lowest BCUT2D eigenvalue weighted by atomic mass is 9.88. The van der Waals surface area contributed by atoms with Crippen LogP contribution in [-0.2, 0) is 0 Å².